The van der Waals surface area contributed by atoms with Gasteiger partial charge in [0.25, 0.3) is 0 Å². The van der Waals surface area contributed by atoms with E-state index in [9.17, 15) is 0 Å². The topological polar surface area (TPSA) is 27.7 Å². The molecule has 3 rings (SSSR count). The zero-order valence-corrected chi connectivity index (χ0v) is 17.9. The van der Waals surface area contributed by atoms with Crippen molar-refractivity contribution in [2.75, 3.05) is 26.4 Å². The van der Waals surface area contributed by atoms with Crippen molar-refractivity contribution in [2.24, 2.45) is 28.6 Å². The lowest BCUT2D eigenvalue weighted by atomic mass is 9.65. The van der Waals surface area contributed by atoms with Crippen LogP contribution in [-0.2, 0) is 14.2 Å². The molecule has 3 nitrogen and oxygen atoms in total. The van der Waals surface area contributed by atoms with Gasteiger partial charge in [-0.25, -0.2) is 0 Å². The summed E-state index contributed by atoms with van der Waals surface area (Å²) in [5.41, 5.74) is 0.620. The van der Waals surface area contributed by atoms with Gasteiger partial charge in [0, 0.05) is 19.8 Å². The first kappa shape index (κ1) is 20.6. The van der Waals surface area contributed by atoms with Crippen LogP contribution in [0.4, 0.5) is 0 Å². The van der Waals surface area contributed by atoms with E-state index in [1.165, 1.54) is 44.9 Å². The highest BCUT2D eigenvalue weighted by molar-refractivity contribution is 4.92. The molecule has 0 aromatic carbocycles. The van der Waals surface area contributed by atoms with Crippen LogP contribution < -0.4 is 0 Å². The van der Waals surface area contributed by atoms with Crippen molar-refractivity contribution < 1.29 is 14.2 Å². The first-order valence-electron chi connectivity index (χ1n) is 11.1. The van der Waals surface area contributed by atoms with E-state index in [-0.39, 0.29) is 5.41 Å². The normalized spacial score (nSPS) is 35.4. The Hall–Kier alpha value is -0.120. The van der Waals surface area contributed by atoms with Gasteiger partial charge in [-0.15, -0.1) is 0 Å². The predicted octanol–water partition coefficient (Wildman–Crippen LogP) is 5.47. The lowest BCUT2D eigenvalue weighted by Gasteiger charge is -2.48. The van der Waals surface area contributed by atoms with Crippen LogP contribution in [0.2, 0.25) is 0 Å². The van der Waals surface area contributed by atoms with Gasteiger partial charge in [0.2, 0.25) is 0 Å². The number of rotatable bonds is 5. The molecule has 3 heteroatoms. The quantitative estimate of drug-likeness (QED) is 0.646. The second-order valence-electron chi connectivity index (χ2n) is 10.6. The molecule has 0 spiro atoms. The van der Waals surface area contributed by atoms with Gasteiger partial charge < -0.3 is 14.2 Å². The van der Waals surface area contributed by atoms with Gasteiger partial charge in [0.1, 0.15) is 0 Å². The summed E-state index contributed by atoms with van der Waals surface area (Å²) in [7, 11) is 0. The van der Waals surface area contributed by atoms with Crippen molar-refractivity contribution in [3.8, 4) is 0 Å². The summed E-state index contributed by atoms with van der Waals surface area (Å²) >= 11 is 0. The van der Waals surface area contributed by atoms with Gasteiger partial charge in [-0.3, -0.25) is 0 Å². The summed E-state index contributed by atoms with van der Waals surface area (Å²) in [5.74, 6) is 2.16. The molecule has 0 radical (unpaired) electrons. The van der Waals surface area contributed by atoms with Crippen LogP contribution in [0.1, 0.15) is 79.6 Å². The van der Waals surface area contributed by atoms with Gasteiger partial charge in [-0.05, 0) is 80.5 Å². The highest BCUT2D eigenvalue weighted by atomic mass is 16.5. The van der Waals surface area contributed by atoms with Crippen molar-refractivity contribution in [1.82, 2.24) is 0 Å². The van der Waals surface area contributed by atoms with E-state index in [0.717, 1.165) is 38.3 Å². The third-order valence-corrected chi connectivity index (χ3v) is 7.90. The van der Waals surface area contributed by atoms with E-state index in [2.05, 4.69) is 34.6 Å². The Morgan fingerprint density at radius 3 is 2.08 bits per heavy atom. The fourth-order valence-electron chi connectivity index (χ4n) is 5.67. The molecule has 3 fully saturated rings. The maximum atomic E-state index is 6.53. The van der Waals surface area contributed by atoms with Crippen molar-refractivity contribution in [3.63, 3.8) is 0 Å². The summed E-state index contributed by atoms with van der Waals surface area (Å²) in [4.78, 5) is 0. The fourth-order valence-corrected chi connectivity index (χ4v) is 5.67. The second kappa shape index (κ2) is 8.49. The third-order valence-electron chi connectivity index (χ3n) is 7.90. The molecule has 0 aromatic rings. The minimum absolute atomic E-state index is 0.270. The molecule has 0 saturated carbocycles. The van der Waals surface area contributed by atoms with E-state index in [1.54, 1.807) is 0 Å². The number of hydrogen-bond acceptors (Lipinski definition) is 3. The molecule has 152 valence electrons. The van der Waals surface area contributed by atoms with Gasteiger partial charge in [0.05, 0.1) is 18.8 Å². The zero-order chi connectivity index (χ0) is 18.8. The standard InChI is InChI=1S/C23H42O3/c1-17-6-7-18(15-25-17)14-22(2,3)20-8-9-21(26-16-20)23(4,5)19-10-12-24-13-11-19/h17-21H,6-16H2,1-5H3/t17-,18?,20?,21?/m1/s1. The Bertz CT molecular complexity index is 423. The highest BCUT2D eigenvalue weighted by Crippen LogP contribution is 2.46. The van der Waals surface area contributed by atoms with Crippen molar-refractivity contribution in [3.05, 3.63) is 0 Å². The molecule has 3 unspecified atom stereocenters. The summed E-state index contributed by atoms with van der Waals surface area (Å²) in [6.45, 7) is 15.7. The molecule has 3 saturated heterocycles. The average Bonchev–Trinajstić information content (AvgIpc) is 2.64. The van der Waals surface area contributed by atoms with Crippen LogP contribution in [0.15, 0.2) is 0 Å². The summed E-state index contributed by atoms with van der Waals surface area (Å²) in [6, 6.07) is 0. The van der Waals surface area contributed by atoms with Gasteiger partial charge >= 0.3 is 0 Å². The van der Waals surface area contributed by atoms with Crippen molar-refractivity contribution in [2.45, 2.75) is 91.8 Å². The molecule has 3 aliphatic rings. The summed E-state index contributed by atoms with van der Waals surface area (Å²) in [5, 5.41) is 0. The SMILES string of the molecule is C[C@@H]1CCC(CC(C)(C)C2CCC(C(C)(C)C3CCOCC3)OC2)CO1. The van der Waals surface area contributed by atoms with E-state index < -0.39 is 0 Å². The van der Waals surface area contributed by atoms with Crippen LogP contribution in [0.3, 0.4) is 0 Å². The smallest absolute Gasteiger partial charge is 0.0628 e. The Labute approximate surface area is 161 Å². The Balaban J connectivity index is 1.50. The molecule has 3 aliphatic heterocycles. The molecule has 0 N–H and O–H groups in total. The Morgan fingerprint density at radius 1 is 0.769 bits per heavy atom. The third kappa shape index (κ3) is 4.83. The first-order valence-corrected chi connectivity index (χ1v) is 11.1. The predicted molar refractivity (Wildman–Crippen MR) is 106 cm³/mol. The molecule has 0 aliphatic carbocycles. The van der Waals surface area contributed by atoms with Gasteiger partial charge in [0.15, 0.2) is 0 Å². The van der Waals surface area contributed by atoms with Gasteiger partial charge in [-0.1, -0.05) is 27.7 Å². The fraction of sp³-hybridized carbons (Fsp3) is 1.00. The Kier molecular flexibility index (Phi) is 6.73. The minimum Gasteiger partial charge on any atom is -0.381 e. The molecular formula is C23H42O3. The van der Waals surface area contributed by atoms with E-state index in [4.69, 9.17) is 14.2 Å². The van der Waals surface area contributed by atoms with Crippen LogP contribution in [0.25, 0.3) is 0 Å². The maximum absolute atomic E-state index is 6.53. The number of hydrogen-bond donors (Lipinski definition) is 0. The molecule has 26 heavy (non-hydrogen) atoms. The Morgan fingerprint density at radius 2 is 1.50 bits per heavy atom. The van der Waals surface area contributed by atoms with Crippen LogP contribution >= 0.6 is 0 Å². The number of ether oxygens (including phenoxy) is 3. The zero-order valence-electron chi connectivity index (χ0n) is 17.9. The minimum atomic E-state index is 0.270. The molecule has 0 amide bonds. The second-order valence-corrected chi connectivity index (χ2v) is 10.6. The summed E-state index contributed by atoms with van der Waals surface area (Å²) in [6.07, 6.45) is 9.63. The lowest BCUT2D eigenvalue weighted by Crippen LogP contribution is -2.46. The summed E-state index contributed by atoms with van der Waals surface area (Å²) < 4.78 is 18.0. The van der Waals surface area contributed by atoms with Crippen LogP contribution in [0, 0.1) is 28.6 Å². The maximum Gasteiger partial charge on any atom is 0.0628 e. The van der Waals surface area contributed by atoms with E-state index >= 15 is 0 Å². The largest absolute Gasteiger partial charge is 0.381 e. The molecule has 4 atom stereocenters. The molecular weight excluding hydrogens is 324 g/mol. The monoisotopic (exact) mass is 366 g/mol. The lowest BCUT2D eigenvalue weighted by molar-refractivity contribution is -0.130. The van der Waals surface area contributed by atoms with Crippen LogP contribution in [-0.4, -0.2) is 38.6 Å². The van der Waals surface area contributed by atoms with Crippen LogP contribution in [0.5, 0.6) is 0 Å². The highest BCUT2D eigenvalue weighted by Gasteiger charge is 2.43. The van der Waals surface area contributed by atoms with E-state index in [1.807, 2.05) is 0 Å². The first-order chi connectivity index (χ1) is 12.3. The van der Waals surface area contributed by atoms with Gasteiger partial charge in [-0.2, -0.15) is 0 Å². The van der Waals surface area contributed by atoms with E-state index in [0.29, 0.717) is 23.5 Å². The molecule has 0 bridgehead atoms. The van der Waals surface area contributed by atoms with Crippen molar-refractivity contribution in [1.29, 1.82) is 0 Å². The molecule has 3 heterocycles. The van der Waals surface area contributed by atoms with Crippen molar-refractivity contribution >= 4 is 0 Å². The average molecular weight is 367 g/mol. The molecule has 0 aromatic heterocycles.